The van der Waals surface area contributed by atoms with Crippen LogP contribution in [-0.2, 0) is 10.0 Å². The first-order chi connectivity index (χ1) is 14.8. The van der Waals surface area contributed by atoms with Crippen LogP contribution < -0.4 is 10.1 Å². The van der Waals surface area contributed by atoms with Crippen molar-refractivity contribution < 1.29 is 8.42 Å². The molecular formula is C23H22N4O2S2. The summed E-state index contributed by atoms with van der Waals surface area (Å²) in [6.07, 6.45) is 0. The number of aryl methyl sites for hydroxylation is 3. The topological polar surface area (TPSA) is 76.3 Å². The summed E-state index contributed by atoms with van der Waals surface area (Å²) in [7, 11) is -3.89. The van der Waals surface area contributed by atoms with E-state index in [1.54, 1.807) is 28.8 Å². The van der Waals surface area contributed by atoms with Gasteiger partial charge in [-0.2, -0.15) is 12.8 Å². The number of hydrogen-bond acceptors (Lipinski definition) is 5. The van der Waals surface area contributed by atoms with Gasteiger partial charge in [0.2, 0.25) is 10.7 Å². The molecule has 0 fully saturated rings. The maximum Gasteiger partial charge on any atom is 0.285 e. The third-order valence-corrected chi connectivity index (χ3v) is 6.83. The van der Waals surface area contributed by atoms with Crippen molar-refractivity contribution in [3.8, 4) is 5.69 Å². The largest absolute Gasteiger partial charge is 0.325 e. The Hall–Kier alpha value is -3.23. The Labute approximate surface area is 185 Å². The van der Waals surface area contributed by atoms with Crippen molar-refractivity contribution in [1.82, 2.24) is 8.94 Å². The molecule has 0 saturated heterocycles. The quantitative estimate of drug-likeness (QED) is 0.470. The molecule has 1 N–H and O–H groups in total. The van der Waals surface area contributed by atoms with E-state index in [4.69, 9.17) is 0 Å². The van der Waals surface area contributed by atoms with Gasteiger partial charge in [-0.15, -0.1) is 4.40 Å². The highest BCUT2D eigenvalue weighted by Crippen LogP contribution is 2.20. The van der Waals surface area contributed by atoms with Crippen molar-refractivity contribution in [1.29, 1.82) is 0 Å². The summed E-state index contributed by atoms with van der Waals surface area (Å²) in [5, 5.41) is 3.27. The molecule has 4 aromatic rings. The molecule has 1 heterocycles. The summed E-state index contributed by atoms with van der Waals surface area (Å²) in [6.45, 7) is 5.93. The normalized spacial score (nSPS) is 12.2. The minimum absolute atomic E-state index is 0.148. The lowest BCUT2D eigenvalue weighted by atomic mass is 10.2. The average Bonchev–Trinajstić information content (AvgIpc) is 3.12. The van der Waals surface area contributed by atoms with E-state index in [2.05, 4.69) is 14.1 Å². The minimum atomic E-state index is -3.89. The SMILES string of the molecule is Cc1ccc(Nc2ns/c(=N\S(=O)(=O)c3ccc(C)cc3)n2-c2ccc(C)cc2)cc1. The van der Waals surface area contributed by atoms with E-state index in [1.165, 1.54) is 0 Å². The molecule has 8 heteroatoms. The Morgan fingerprint density at radius 2 is 1.32 bits per heavy atom. The Kier molecular flexibility index (Phi) is 5.75. The summed E-state index contributed by atoms with van der Waals surface area (Å²) in [4.78, 5) is 0.411. The molecule has 0 spiro atoms. The molecule has 3 aromatic carbocycles. The van der Waals surface area contributed by atoms with E-state index in [0.29, 0.717) is 5.95 Å². The molecule has 158 valence electrons. The third kappa shape index (κ3) is 4.76. The van der Waals surface area contributed by atoms with Gasteiger partial charge in [0.1, 0.15) is 0 Å². The van der Waals surface area contributed by atoms with Gasteiger partial charge in [-0.25, -0.2) is 0 Å². The van der Waals surface area contributed by atoms with Crippen LogP contribution in [0.5, 0.6) is 0 Å². The molecule has 1 aromatic heterocycles. The molecule has 0 unspecified atom stereocenters. The highest BCUT2D eigenvalue weighted by atomic mass is 32.2. The average molecular weight is 451 g/mol. The summed E-state index contributed by atoms with van der Waals surface area (Å²) in [6, 6.07) is 22.3. The highest BCUT2D eigenvalue weighted by Gasteiger charge is 2.16. The Bertz CT molecular complexity index is 1370. The lowest BCUT2D eigenvalue weighted by molar-refractivity contribution is 0.596. The first-order valence-corrected chi connectivity index (χ1v) is 11.9. The summed E-state index contributed by atoms with van der Waals surface area (Å²) in [5.74, 6) is 0.496. The lowest BCUT2D eigenvalue weighted by Crippen LogP contribution is -2.17. The van der Waals surface area contributed by atoms with Crippen molar-refractivity contribution in [2.45, 2.75) is 25.7 Å². The number of anilines is 2. The van der Waals surface area contributed by atoms with E-state index >= 15 is 0 Å². The monoisotopic (exact) mass is 450 g/mol. The van der Waals surface area contributed by atoms with Gasteiger partial charge in [-0.3, -0.25) is 4.57 Å². The third-order valence-electron chi connectivity index (χ3n) is 4.73. The van der Waals surface area contributed by atoms with Gasteiger partial charge in [-0.1, -0.05) is 53.1 Å². The number of rotatable bonds is 5. The molecule has 0 aliphatic heterocycles. The maximum atomic E-state index is 12.9. The van der Waals surface area contributed by atoms with Crippen molar-refractivity contribution in [3.63, 3.8) is 0 Å². The molecule has 0 saturated carbocycles. The second kappa shape index (κ2) is 8.49. The summed E-state index contributed by atoms with van der Waals surface area (Å²) in [5.41, 5.74) is 4.86. The van der Waals surface area contributed by atoms with Gasteiger partial charge in [0.25, 0.3) is 10.0 Å². The van der Waals surface area contributed by atoms with Gasteiger partial charge >= 0.3 is 0 Å². The molecular weight excluding hydrogens is 428 g/mol. The molecule has 6 nitrogen and oxygen atoms in total. The van der Waals surface area contributed by atoms with Crippen LogP contribution in [0.2, 0.25) is 0 Å². The Morgan fingerprint density at radius 3 is 1.90 bits per heavy atom. The van der Waals surface area contributed by atoms with E-state index < -0.39 is 10.0 Å². The van der Waals surface area contributed by atoms with E-state index in [-0.39, 0.29) is 9.70 Å². The van der Waals surface area contributed by atoms with Gasteiger partial charge in [0.15, 0.2) is 0 Å². The predicted molar refractivity (Wildman–Crippen MR) is 125 cm³/mol. The van der Waals surface area contributed by atoms with Crippen LogP contribution in [0.25, 0.3) is 5.69 Å². The number of nitrogens with one attached hydrogen (secondary N) is 1. The van der Waals surface area contributed by atoms with Crippen LogP contribution in [0.3, 0.4) is 0 Å². The van der Waals surface area contributed by atoms with E-state index in [0.717, 1.165) is 39.6 Å². The van der Waals surface area contributed by atoms with Crippen molar-refractivity contribution in [3.05, 3.63) is 94.3 Å². The van der Waals surface area contributed by atoms with Gasteiger partial charge < -0.3 is 5.32 Å². The molecule has 0 bridgehead atoms. The van der Waals surface area contributed by atoms with E-state index in [1.807, 2.05) is 69.3 Å². The highest BCUT2D eigenvalue weighted by molar-refractivity contribution is 7.90. The molecule has 4 rings (SSSR count). The van der Waals surface area contributed by atoms with Crippen LogP contribution in [0.1, 0.15) is 16.7 Å². The maximum absolute atomic E-state index is 12.9. The molecule has 0 radical (unpaired) electrons. The first kappa shape index (κ1) is 21.0. The van der Waals surface area contributed by atoms with Crippen LogP contribution in [0.4, 0.5) is 11.6 Å². The minimum Gasteiger partial charge on any atom is -0.325 e. The van der Waals surface area contributed by atoms with Crippen molar-refractivity contribution in [2.75, 3.05) is 5.32 Å². The van der Waals surface area contributed by atoms with Crippen LogP contribution in [-0.4, -0.2) is 17.4 Å². The number of nitrogens with zero attached hydrogens (tertiary/aromatic N) is 3. The fourth-order valence-corrected chi connectivity index (χ4v) is 4.82. The summed E-state index contributed by atoms with van der Waals surface area (Å²) >= 11 is 1.03. The second-order valence-electron chi connectivity index (χ2n) is 7.33. The number of sulfonamides is 1. The molecule has 0 aliphatic rings. The van der Waals surface area contributed by atoms with Crippen LogP contribution >= 0.6 is 11.5 Å². The van der Waals surface area contributed by atoms with E-state index in [9.17, 15) is 8.42 Å². The lowest BCUT2D eigenvalue weighted by Gasteiger charge is -2.10. The number of hydrogen-bond donors (Lipinski definition) is 1. The van der Waals surface area contributed by atoms with Crippen molar-refractivity contribution >= 4 is 33.2 Å². The fraction of sp³-hybridized carbons (Fsp3) is 0.130. The van der Waals surface area contributed by atoms with Gasteiger partial charge in [0, 0.05) is 17.2 Å². The number of benzene rings is 3. The standard InChI is InChI=1S/C23H22N4O2S2/c1-16-4-10-19(11-5-16)24-22-25-30-23(27(22)20-12-6-17(2)7-13-20)26-31(28,29)21-14-8-18(3)9-15-21/h4-15H,1-3H3,(H,24,25)/b26-23-. The molecule has 0 amide bonds. The van der Waals surface area contributed by atoms with Crippen molar-refractivity contribution in [2.24, 2.45) is 4.40 Å². The second-order valence-corrected chi connectivity index (χ2v) is 9.66. The summed E-state index contributed by atoms with van der Waals surface area (Å²) < 4.78 is 36.2. The predicted octanol–water partition coefficient (Wildman–Crippen LogP) is 4.89. The number of aromatic nitrogens is 2. The Balaban J connectivity index is 1.85. The van der Waals surface area contributed by atoms with Crippen LogP contribution in [0.15, 0.2) is 82.1 Å². The van der Waals surface area contributed by atoms with Crippen LogP contribution in [0, 0.1) is 20.8 Å². The van der Waals surface area contributed by atoms with Gasteiger partial charge in [0.05, 0.1) is 10.6 Å². The van der Waals surface area contributed by atoms with Gasteiger partial charge in [-0.05, 0) is 57.2 Å². The fourth-order valence-electron chi connectivity index (χ4n) is 2.95. The molecule has 31 heavy (non-hydrogen) atoms. The zero-order chi connectivity index (χ0) is 22.0. The zero-order valence-electron chi connectivity index (χ0n) is 17.4. The Morgan fingerprint density at radius 1 is 0.806 bits per heavy atom. The zero-order valence-corrected chi connectivity index (χ0v) is 19.0. The molecule has 0 atom stereocenters. The first-order valence-electron chi connectivity index (χ1n) is 9.69. The molecule has 0 aliphatic carbocycles. The smallest absolute Gasteiger partial charge is 0.285 e.